The molecule has 190 valence electrons. The highest BCUT2D eigenvalue weighted by Gasteiger charge is 2.80. The third-order valence-electron chi connectivity index (χ3n) is 7.57. The third kappa shape index (κ3) is 3.70. The minimum Gasteiger partial charge on any atom is -0.463 e. The van der Waals surface area contributed by atoms with Crippen LogP contribution in [-0.4, -0.2) is 69.4 Å². The van der Waals surface area contributed by atoms with E-state index < -0.39 is 45.2 Å². The highest BCUT2D eigenvalue weighted by Crippen LogP contribution is 2.73. The Hall–Kier alpha value is -0.380. The monoisotopic (exact) mass is 544 g/mol. The van der Waals surface area contributed by atoms with Gasteiger partial charge in [0, 0.05) is 11.0 Å². The summed E-state index contributed by atoms with van der Waals surface area (Å²) in [6.07, 6.45) is -10.7. The number of thioether (sulfide) groups is 2. The van der Waals surface area contributed by atoms with E-state index in [1.165, 1.54) is 0 Å². The summed E-state index contributed by atoms with van der Waals surface area (Å²) >= 11 is 3.33. The van der Waals surface area contributed by atoms with Crippen LogP contribution in [0.5, 0.6) is 0 Å². The van der Waals surface area contributed by atoms with Crippen LogP contribution >= 0.6 is 23.5 Å². The molecule has 0 aromatic heterocycles. The van der Waals surface area contributed by atoms with Crippen LogP contribution in [0.1, 0.15) is 32.1 Å². The molecule has 0 aromatic carbocycles. The minimum atomic E-state index is -6.78. The molecule has 4 saturated carbocycles. The molecule has 3 unspecified atom stereocenters. The number of aliphatic hydroxyl groups is 1. The Morgan fingerprint density at radius 3 is 2.00 bits per heavy atom. The molecule has 3 atom stereocenters. The molecule has 1 saturated heterocycles. The standard InChI is InChI=1S/C18H22F6O6S3/c19-17(20,21)15(18(22,23)24,33(27,28)29)8-30-13(26)14-3-9-1-10(4-14)16(11(2-9)5-14)31-7-12(6-25)32-16/h9-12,25H,1-8H2,(H,27,28,29). The van der Waals surface area contributed by atoms with E-state index in [0.29, 0.717) is 5.75 Å². The molecule has 4 bridgehead atoms. The number of aliphatic hydroxyl groups excluding tert-OH is 1. The van der Waals surface area contributed by atoms with Crippen molar-refractivity contribution in [2.24, 2.45) is 23.2 Å². The molecule has 5 rings (SSSR count). The Morgan fingerprint density at radius 1 is 1.03 bits per heavy atom. The molecule has 5 fully saturated rings. The van der Waals surface area contributed by atoms with Crippen molar-refractivity contribution in [3.05, 3.63) is 0 Å². The maximum atomic E-state index is 13.4. The van der Waals surface area contributed by atoms with E-state index in [-0.39, 0.29) is 53.0 Å². The van der Waals surface area contributed by atoms with E-state index >= 15 is 0 Å². The molecule has 1 heterocycles. The number of carbonyl (C=O) groups excluding carboxylic acids is 1. The number of carbonyl (C=O) groups is 1. The van der Waals surface area contributed by atoms with Gasteiger partial charge >= 0.3 is 23.1 Å². The highest BCUT2D eigenvalue weighted by atomic mass is 32.2. The summed E-state index contributed by atoms with van der Waals surface area (Å²) in [5.41, 5.74) is -1.29. The summed E-state index contributed by atoms with van der Waals surface area (Å²) in [4.78, 5) is 13.0. The third-order valence-corrected chi connectivity index (χ3v) is 13.3. The lowest BCUT2D eigenvalue weighted by Crippen LogP contribution is -2.65. The molecule has 1 spiro atoms. The van der Waals surface area contributed by atoms with E-state index in [9.17, 15) is 44.7 Å². The number of hydrogen-bond donors (Lipinski definition) is 2. The fraction of sp³-hybridized carbons (Fsp3) is 0.944. The first-order valence-corrected chi connectivity index (χ1v) is 13.5. The van der Waals surface area contributed by atoms with Crippen LogP contribution in [0.3, 0.4) is 0 Å². The lowest BCUT2D eigenvalue weighted by molar-refractivity contribution is -0.278. The van der Waals surface area contributed by atoms with E-state index in [0.717, 1.165) is 12.8 Å². The van der Waals surface area contributed by atoms with Gasteiger partial charge in [0.2, 0.25) is 0 Å². The summed E-state index contributed by atoms with van der Waals surface area (Å²) in [5, 5.41) is 9.54. The maximum absolute atomic E-state index is 13.4. The quantitative estimate of drug-likeness (QED) is 0.308. The van der Waals surface area contributed by atoms with Gasteiger partial charge in [-0.3, -0.25) is 9.35 Å². The molecule has 1 aliphatic heterocycles. The maximum Gasteiger partial charge on any atom is 0.423 e. The topological polar surface area (TPSA) is 101 Å². The molecule has 0 radical (unpaired) electrons. The molecule has 5 aliphatic rings. The molecule has 0 amide bonds. The Balaban J connectivity index is 1.59. The van der Waals surface area contributed by atoms with Gasteiger partial charge in [-0.2, -0.15) is 34.8 Å². The Bertz CT molecular complexity index is 890. The van der Waals surface area contributed by atoms with Crippen LogP contribution in [0.25, 0.3) is 0 Å². The van der Waals surface area contributed by atoms with Crippen LogP contribution in [0.2, 0.25) is 0 Å². The average Bonchev–Trinajstić information content (AvgIpc) is 3.08. The van der Waals surface area contributed by atoms with Crippen LogP contribution in [0, 0.1) is 23.2 Å². The van der Waals surface area contributed by atoms with E-state index in [4.69, 9.17) is 4.55 Å². The second-order valence-corrected chi connectivity index (χ2v) is 14.2. The van der Waals surface area contributed by atoms with Gasteiger partial charge in [-0.15, -0.1) is 23.5 Å². The van der Waals surface area contributed by atoms with Gasteiger partial charge in [-0.1, -0.05) is 0 Å². The Kier molecular flexibility index (Phi) is 6.08. The van der Waals surface area contributed by atoms with E-state index in [1.54, 1.807) is 23.5 Å². The van der Waals surface area contributed by atoms with Crippen LogP contribution in [0.15, 0.2) is 0 Å². The zero-order valence-corrected chi connectivity index (χ0v) is 19.4. The van der Waals surface area contributed by atoms with Crippen molar-refractivity contribution in [3.63, 3.8) is 0 Å². The first-order chi connectivity index (χ1) is 15.0. The number of halogens is 6. The van der Waals surface area contributed by atoms with Crippen molar-refractivity contribution in [2.75, 3.05) is 19.0 Å². The summed E-state index contributed by atoms with van der Waals surface area (Å²) in [6, 6.07) is 0. The molecule has 15 heteroatoms. The summed E-state index contributed by atoms with van der Waals surface area (Å²) < 4.78 is 110. The average molecular weight is 545 g/mol. The summed E-state index contributed by atoms with van der Waals surface area (Å²) in [5.74, 6) is -0.569. The number of esters is 1. The molecule has 4 aliphatic carbocycles. The van der Waals surface area contributed by atoms with E-state index in [1.807, 2.05) is 0 Å². The number of hydrogen-bond acceptors (Lipinski definition) is 7. The van der Waals surface area contributed by atoms with Gasteiger partial charge in [0.15, 0.2) is 0 Å². The molecule has 2 N–H and O–H groups in total. The second-order valence-electron chi connectivity index (χ2n) is 9.45. The van der Waals surface area contributed by atoms with Crippen LogP contribution in [-0.2, 0) is 19.6 Å². The number of alkyl halides is 6. The summed E-state index contributed by atoms with van der Waals surface area (Å²) in [7, 11) is -6.78. The van der Waals surface area contributed by atoms with Crippen molar-refractivity contribution in [2.45, 2.75) is 58.5 Å². The Labute approximate surface area is 194 Å². The normalized spacial score (nSPS) is 38.8. The first-order valence-electron chi connectivity index (χ1n) is 10.2. The van der Waals surface area contributed by atoms with Crippen molar-refractivity contribution in [3.8, 4) is 0 Å². The van der Waals surface area contributed by atoms with E-state index in [2.05, 4.69) is 4.74 Å². The van der Waals surface area contributed by atoms with Gasteiger partial charge in [-0.05, 0) is 49.9 Å². The lowest BCUT2D eigenvalue weighted by Gasteiger charge is -2.62. The molecular formula is C18H22F6O6S3. The zero-order chi connectivity index (χ0) is 24.7. The minimum absolute atomic E-state index is 0.0118. The number of rotatable bonds is 5. The smallest absolute Gasteiger partial charge is 0.423 e. The van der Waals surface area contributed by atoms with Gasteiger partial charge in [-0.25, -0.2) is 0 Å². The fourth-order valence-electron chi connectivity index (χ4n) is 6.26. The van der Waals surface area contributed by atoms with Gasteiger partial charge in [0.25, 0.3) is 10.1 Å². The lowest BCUT2D eigenvalue weighted by atomic mass is 9.49. The van der Waals surface area contributed by atoms with Crippen LogP contribution in [0.4, 0.5) is 26.3 Å². The molecule has 33 heavy (non-hydrogen) atoms. The first kappa shape index (κ1) is 25.7. The molecule has 6 nitrogen and oxygen atoms in total. The van der Waals surface area contributed by atoms with Crippen molar-refractivity contribution >= 4 is 39.6 Å². The van der Waals surface area contributed by atoms with Crippen molar-refractivity contribution < 1.29 is 54.0 Å². The fourth-order valence-corrected chi connectivity index (χ4v) is 11.1. The second kappa shape index (κ2) is 7.81. The predicted octanol–water partition coefficient (Wildman–Crippen LogP) is 3.64. The summed E-state index contributed by atoms with van der Waals surface area (Å²) in [6.45, 7) is -2.61. The zero-order valence-electron chi connectivity index (χ0n) is 17.0. The van der Waals surface area contributed by atoms with Gasteiger partial charge in [0.05, 0.1) is 16.1 Å². The molecular weight excluding hydrogens is 522 g/mol. The van der Waals surface area contributed by atoms with Gasteiger partial charge < -0.3 is 9.84 Å². The predicted molar refractivity (Wildman–Crippen MR) is 107 cm³/mol. The highest BCUT2D eigenvalue weighted by molar-refractivity contribution is 8.21. The van der Waals surface area contributed by atoms with Gasteiger partial charge in [0.1, 0.15) is 6.61 Å². The van der Waals surface area contributed by atoms with Crippen LogP contribution < -0.4 is 0 Å². The van der Waals surface area contributed by atoms with Crippen molar-refractivity contribution in [1.82, 2.24) is 0 Å². The largest absolute Gasteiger partial charge is 0.463 e. The SMILES string of the molecule is O=C(OCC(C(F)(F)F)(C(F)(F)F)S(=O)(=O)O)C12CC3CC(C1)C1(SCC(CO)S1)C(C3)C2. The van der Waals surface area contributed by atoms with Crippen molar-refractivity contribution in [1.29, 1.82) is 0 Å². The Morgan fingerprint density at radius 2 is 1.58 bits per heavy atom. The number of ether oxygens (including phenoxy) is 1. The molecule has 0 aromatic rings.